The van der Waals surface area contributed by atoms with E-state index < -0.39 is 0 Å². The maximum absolute atomic E-state index is 12.4. The summed E-state index contributed by atoms with van der Waals surface area (Å²) < 4.78 is 0. The Bertz CT molecular complexity index is 1300. The normalized spacial score (nSPS) is 17.5. The minimum absolute atomic E-state index is 0.112. The zero-order valence-corrected chi connectivity index (χ0v) is 17.9. The summed E-state index contributed by atoms with van der Waals surface area (Å²) in [7, 11) is 0. The van der Waals surface area contributed by atoms with Crippen LogP contribution < -0.4 is 11.3 Å². The number of fused-ring (bicyclic) bond motifs is 4. The Morgan fingerprint density at radius 2 is 2.10 bits per heavy atom. The summed E-state index contributed by atoms with van der Waals surface area (Å²) in [4.78, 5) is 31.6. The maximum Gasteiger partial charge on any atom is 0.258 e. The lowest BCUT2D eigenvalue weighted by molar-refractivity contribution is 0.509. The van der Waals surface area contributed by atoms with E-state index in [0.29, 0.717) is 33.6 Å². The Morgan fingerprint density at radius 3 is 2.97 bits per heavy atom. The molecule has 1 aromatic carbocycles. The highest BCUT2D eigenvalue weighted by Crippen LogP contribution is 2.41. The van der Waals surface area contributed by atoms with Crippen molar-refractivity contribution in [3.05, 3.63) is 50.9 Å². The van der Waals surface area contributed by atoms with E-state index >= 15 is 0 Å². The Kier molecular flexibility index (Phi) is 4.55. The van der Waals surface area contributed by atoms with Crippen LogP contribution in [0, 0.1) is 5.92 Å². The zero-order valence-electron chi connectivity index (χ0n) is 16.2. The summed E-state index contributed by atoms with van der Waals surface area (Å²) in [6.45, 7) is 4.28. The number of benzene rings is 1. The van der Waals surface area contributed by atoms with Crippen molar-refractivity contribution >= 4 is 50.0 Å². The van der Waals surface area contributed by atoms with Gasteiger partial charge < -0.3 is 10.7 Å². The third-order valence-corrected chi connectivity index (χ3v) is 7.58. The average molecular weight is 424 g/mol. The van der Waals surface area contributed by atoms with E-state index in [1.807, 2.05) is 25.1 Å². The largest absolute Gasteiger partial charge is 0.383 e. The van der Waals surface area contributed by atoms with Gasteiger partial charge in [0.2, 0.25) is 0 Å². The summed E-state index contributed by atoms with van der Waals surface area (Å²) in [6.07, 6.45) is 3.33. The van der Waals surface area contributed by atoms with Gasteiger partial charge in [-0.1, -0.05) is 30.8 Å². The first-order valence-electron chi connectivity index (χ1n) is 9.73. The second kappa shape index (κ2) is 7.11. The topological polar surface area (TPSA) is 97.5 Å². The number of thiophene rings is 1. The Balaban J connectivity index is 1.49. The number of hydrogen-bond acceptors (Lipinski definition) is 7. The van der Waals surface area contributed by atoms with Gasteiger partial charge in [0.05, 0.1) is 21.5 Å². The van der Waals surface area contributed by atoms with Crippen molar-refractivity contribution in [2.45, 2.75) is 43.5 Å². The van der Waals surface area contributed by atoms with E-state index in [-0.39, 0.29) is 10.8 Å². The summed E-state index contributed by atoms with van der Waals surface area (Å²) in [5.74, 6) is 1.87. The lowest BCUT2D eigenvalue weighted by Gasteiger charge is -2.17. The number of nitrogen functional groups attached to an aromatic ring is 1. The first kappa shape index (κ1) is 18.6. The van der Waals surface area contributed by atoms with E-state index in [2.05, 4.69) is 21.9 Å². The molecular weight excluding hydrogens is 402 g/mol. The number of rotatable bonds is 3. The molecule has 8 heteroatoms. The lowest BCUT2D eigenvalue weighted by Crippen LogP contribution is -2.13. The van der Waals surface area contributed by atoms with Crippen LogP contribution in [0.4, 0.5) is 5.82 Å². The molecule has 3 aromatic heterocycles. The van der Waals surface area contributed by atoms with Crippen molar-refractivity contribution in [2.24, 2.45) is 5.92 Å². The Labute approximate surface area is 176 Å². The number of aryl methyl sites for hydroxylation is 1. The minimum Gasteiger partial charge on any atom is -0.383 e. The number of nitrogens with zero attached hydrogens (tertiary/aromatic N) is 3. The van der Waals surface area contributed by atoms with Crippen LogP contribution in [-0.2, 0) is 12.8 Å². The summed E-state index contributed by atoms with van der Waals surface area (Å²) in [5.41, 5.74) is 8.24. The molecule has 3 heterocycles. The van der Waals surface area contributed by atoms with Crippen molar-refractivity contribution in [2.75, 3.05) is 5.73 Å². The number of H-pyrrole nitrogens is 1. The smallest absolute Gasteiger partial charge is 0.258 e. The van der Waals surface area contributed by atoms with Crippen LogP contribution in [-0.4, -0.2) is 19.9 Å². The molecule has 0 fully saturated rings. The number of aromatic nitrogens is 4. The monoisotopic (exact) mass is 423 g/mol. The Morgan fingerprint density at radius 1 is 1.28 bits per heavy atom. The van der Waals surface area contributed by atoms with E-state index in [4.69, 9.17) is 10.7 Å². The molecule has 3 N–H and O–H groups in total. The number of nitrogens with two attached hydrogens (primary N) is 1. The van der Waals surface area contributed by atoms with Crippen LogP contribution in [0.2, 0.25) is 0 Å². The van der Waals surface area contributed by atoms with E-state index in [1.165, 1.54) is 28.6 Å². The molecule has 0 amide bonds. The molecule has 0 bridgehead atoms. The number of para-hydroxylation sites is 1. The number of anilines is 1. The van der Waals surface area contributed by atoms with Gasteiger partial charge in [0, 0.05) is 4.88 Å². The van der Waals surface area contributed by atoms with E-state index in [9.17, 15) is 4.79 Å². The fourth-order valence-electron chi connectivity index (χ4n) is 3.91. The highest BCUT2D eigenvalue weighted by atomic mass is 32.2. The number of hydrogen-bond donors (Lipinski definition) is 2. The van der Waals surface area contributed by atoms with Crippen LogP contribution in [0.1, 0.15) is 41.8 Å². The average Bonchev–Trinajstić information content (AvgIpc) is 3.05. The fourth-order valence-corrected chi connectivity index (χ4v) is 6.20. The van der Waals surface area contributed by atoms with Gasteiger partial charge in [-0.3, -0.25) is 4.79 Å². The van der Waals surface area contributed by atoms with Crippen LogP contribution >= 0.6 is 23.1 Å². The summed E-state index contributed by atoms with van der Waals surface area (Å²) >= 11 is 3.20. The molecule has 0 saturated heterocycles. The van der Waals surface area contributed by atoms with Gasteiger partial charge >= 0.3 is 0 Å². The van der Waals surface area contributed by atoms with Gasteiger partial charge in [-0.2, -0.15) is 0 Å². The number of thioether (sulfide) groups is 1. The van der Waals surface area contributed by atoms with Crippen molar-refractivity contribution in [3.8, 4) is 0 Å². The molecule has 0 radical (unpaired) electrons. The Hall–Kier alpha value is -2.45. The van der Waals surface area contributed by atoms with Gasteiger partial charge in [-0.15, -0.1) is 11.3 Å². The fraction of sp³-hybridized carbons (Fsp3) is 0.333. The quantitative estimate of drug-likeness (QED) is 0.372. The van der Waals surface area contributed by atoms with Crippen LogP contribution in [0.5, 0.6) is 0 Å². The predicted octanol–water partition coefficient (Wildman–Crippen LogP) is 4.49. The maximum atomic E-state index is 12.4. The molecule has 148 valence electrons. The minimum atomic E-state index is -0.131. The molecule has 1 aliphatic rings. The highest BCUT2D eigenvalue weighted by Gasteiger charge is 2.24. The van der Waals surface area contributed by atoms with Crippen molar-refractivity contribution < 1.29 is 0 Å². The molecule has 6 nitrogen and oxygen atoms in total. The second-order valence-electron chi connectivity index (χ2n) is 7.65. The van der Waals surface area contributed by atoms with Gasteiger partial charge in [0.15, 0.2) is 5.16 Å². The van der Waals surface area contributed by atoms with Crippen molar-refractivity contribution in [1.29, 1.82) is 0 Å². The zero-order chi connectivity index (χ0) is 20.1. The molecule has 29 heavy (non-hydrogen) atoms. The molecule has 0 unspecified atom stereocenters. The standard InChI is InChI=1S/C21H21N5OS2/c1-10-7-8-13-15(9-10)29-20-16(13)17(22)24-21(26-20)28-11(2)18-23-14-6-4-3-5-12(14)19(27)25-18/h3-6,10-11H,7-9H2,1-2H3,(H2,22,24,26)(H,23,25,27)/t10-,11-/m0/s1. The summed E-state index contributed by atoms with van der Waals surface area (Å²) in [5, 5.41) is 2.13. The van der Waals surface area contributed by atoms with Crippen LogP contribution in [0.15, 0.2) is 34.2 Å². The lowest BCUT2D eigenvalue weighted by atomic mass is 9.89. The van der Waals surface area contributed by atoms with Crippen molar-refractivity contribution in [1.82, 2.24) is 19.9 Å². The molecule has 0 aliphatic heterocycles. The van der Waals surface area contributed by atoms with Crippen molar-refractivity contribution in [3.63, 3.8) is 0 Å². The van der Waals surface area contributed by atoms with E-state index in [0.717, 1.165) is 23.1 Å². The molecule has 4 aromatic rings. The summed E-state index contributed by atoms with van der Waals surface area (Å²) in [6, 6.07) is 7.35. The molecule has 5 rings (SSSR count). The van der Waals surface area contributed by atoms with Crippen LogP contribution in [0.3, 0.4) is 0 Å². The number of aromatic amines is 1. The third-order valence-electron chi connectivity index (χ3n) is 5.46. The van der Waals surface area contributed by atoms with Gasteiger partial charge in [-0.05, 0) is 49.8 Å². The molecule has 1 aliphatic carbocycles. The molecule has 0 saturated carbocycles. The third kappa shape index (κ3) is 3.30. The van der Waals surface area contributed by atoms with Gasteiger partial charge in [0.1, 0.15) is 16.5 Å². The highest BCUT2D eigenvalue weighted by molar-refractivity contribution is 7.99. The molecular formula is C21H21N5OS2. The molecule has 0 spiro atoms. The van der Waals surface area contributed by atoms with Gasteiger partial charge in [0.25, 0.3) is 5.56 Å². The predicted molar refractivity (Wildman–Crippen MR) is 120 cm³/mol. The van der Waals surface area contributed by atoms with Gasteiger partial charge in [-0.25, -0.2) is 15.0 Å². The first-order chi connectivity index (χ1) is 14.0. The SMILES string of the molecule is C[C@H]1CCc2c(sc3nc(S[C@@H](C)c4nc5ccccc5c(=O)[nH]4)nc(N)c23)C1. The van der Waals surface area contributed by atoms with E-state index in [1.54, 1.807) is 17.4 Å². The second-order valence-corrected chi connectivity index (χ2v) is 10.0. The molecule has 2 atom stereocenters. The first-order valence-corrected chi connectivity index (χ1v) is 11.4. The van der Waals surface area contributed by atoms with Crippen LogP contribution in [0.25, 0.3) is 21.1 Å². The number of nitrogens with one attached hydrogen (secondary N) is 1.